The molecule has 1 amide bonds. The summed E-state index contributed by atoms with van der Waals surface area (Å²) in [5, 5.41) is 5.26. The highest BCUT2D eigenvalue weighted by Gasteiger charge is 2.14. The molecule has 2 heterocycles. The maximum absolute atomic E-state index is 12.3. The zero-order valence-corrected chi connectivity index (χ0v) is 14.1. The fourth-order valence-corrected chi connectivity index (χ4v) is 3.19. The van der Waals surface area contributed by atoms with E-state index in [9.17, 15) is 4.79 Å². The number of aromatic nitrogens is 1. The van der Waals surface area contributed by atoms with E-state index < -0.39 is 0 Å². The Morgan fingerprint density at radius 1 is 1.16 bits per heavy atom. The zero-order valence-electron chi connectivity index (χ0n) is 14.1. The van der Waals surface area contributed by atoms with Crippen molar-refractivity contribution in [2.24, 2.45) is 0 Å². The Morgan fingerprint density at radius 2 is 1.96 bits per heavy atom. The van der Waals surface area contributed by atoms with E-state index in [0.29, 0.717) is 12.8 Å². The number of furan rings is 1. The third-order valence-electron chi connectivity index (χ3n) is 4.55. The summed E-state index contributed by atoms with van der Waals surface area (Å²) >= 11 is 0. The molecule has 0 radical (unpaired) electrons. The lowest BCUT2D eigenvalue weighted by molar-refractivity contribution is -0.121. The summed E-state index contributed by atoms with van der Waals surface area (Å²) in [7, 11) is 0. The molecule has 0 spiro atoms. The van der Waals surface area contributed by atoms with Crippen LogP contribution < -0.4 is 5.32 Å². The monoisotopic (exact) mass is 332 g/mol. The van der Waals surface area contributed by atoms with Crippen LogP contribution in [0.3, 0.4) is 0 Å². The minimum atomic E-state index is -0.150. The van der Waals surface area contributed by atoms with Gasteiger partial charge in [-0.1, -0.05) is 36.4 Å². The highest BCUT2D eigenvalue weighted by molar-refractivity contribution is 5.84. The first-order valence-corrected chi connectivity index (χ1v) is 8.53. The average Bonchev–Trinajstić information content (AvgIpc) is 3.24. The van der Waals surface area contributed by atoms with Crippen molar-refractivity contribution in [3.63, 3.8) is 0 Å². The Hall–Kier alpha value is -3.01. The number of aromatic amines is 1. The van der Waals surface area contributed by atoms with Gasteiger partial charge in [-0.3, -0.25) is 4.79 Å². The molecule has 4 heteroatoms. The van der Waals surface area contributed by atoms with E-state index in [1.165, 1.54) is 10.9 Å². The van der Waals surface area contributed by atoms with E-state index in [-0.39, 0.29) is 11.9 Å². The van der Waals surface area contributed by atoms with Gasteiger partial charge in [0.25, 0.3) is 0 Å². The van der Waals surface area contributed by atoms with Gasteiger partial charge in [-0.05, 0) is 37.1 Å². The number of nitrogens with one attached hydrogen (secondary N) is 2. The van der Waals surface area contributed by atoms with E-state index >= 15 is 0 Å². The van der Waals surface area contributed by atoms with Gasteiger partial charge in [0, 0.05) is 28.9 Å². The van der Waals surface area contributed by atoms with Gasteiger partial charge >= 0.3 is 0 Å². The molecular weight excluding hydrogens is 312 g/mol. The Bertz CT molecular complexity index is 995. The van der Waals surface area contributed by atoms with Crippen LogP contribution in [-0.2, 0) is 11.2 Å². The van der Waals surface area contributed by atoms with E-state index in [1.807, 2.05) is 61.7 Å². The SMILES string of the molecule is C[C@H](NC(=O)CCc1c[nH]c2ccccc12)c1cc2ccccc2o1. The third kappa shape index (κ3) is 3.15. The van der Waals surface area contributed by atoms with Crippen molar-refractivity contribution in [1.82, 2.24) is 10.3 Å². The Kier molecular flexibility index (Phi) is 4.02. The van der Waals surface area contributed by atoms with Gasteiger partial charge in [-0.2, -0.15) is 0 Å². The van der Waals surface area contributed by atoms with Crippen molar-refractivity contribution in [3.8, 4) is 0 Å². The molecule has 126 valence electrons. The first-order chi connectivity index (χ1) is 12.2. The van der Waals surface area contributed by atoms with Crippen molar-refractivity contribution in [2.75, 3.05) is 0 Å². The van der Waals surface area contributed by atoms with Crippen molar-refractivity contribution in [1.29, 1.82) is 0 Å². The highest BCUT2D eigenvalue weighted by atomic mass is 16.3. The maximum Gasteiger partial charge on any atom is 0.220 e. The molecule has 0 bridgehead atoms. The van der Waals surface area contributed by atoms with Crippen LogP contribution in [0.25, 0.3) is 21.9 Å². The molecule has 4 rings (SSSR count). The number of hydrogen-bond donors (Lipinski definition) is 2. The molecule has 0 aliphatic rings. The van der Waals surface area contributed by atoms with Crippen LogP contribution in [0.4, 0.5) is 0 Å². The summed E-state index contributed by atoms with van der Waals surface area (Å²) in [5.74, 6) is 0.805. The maximum atomic E-state index is 12.3. The minimum Gasteiger partial charge on any atom is -0.459 e. The number of para-hydroxylation sites is 2. The molecule has 0 saturated heterocycles. The molecule has 4 aromatic rings. The predicted molar refractivity (Wildman–Crippen MR) is 99.4 cm³/mol. The number of benzene rings is 2. The van der Waals surface area contributed by atoms with Crippen LogP contribution in [0.2, 0.25) is 0 Å². The molecule has 25 heavy (non-hydrogen) atoms. The molecule has 2 N–H and O–H groups in total. The largest absolute Gasteiger partial charge is 0.459 e. The predicted octanol–water partition coefficient (Wildman–Crippen LogP) is 4.72. The number of hydrogen-bond acceptors (Lipinski definition) is 2. The first-order valence-electron chi connectivity index (χ1n) is 8.53. The van der Waals surface area contributed by atoms with Gasteiger partial charge in [0.05, 0.1) is 6.04 Å². The molecule has 0 aliphatic heterocycles. The average molecular weight is 332 g/mol. The van der Waals surface area contributed by atoms with Crippen LogP contribution in [-0.4, -0.2) is 10.9 Å². The van der Waals surface area contributed by atoms with Gasteiger partial charge in [0.2, 0.25) is 5.91 Å². The third-order valence-corrected chi connectivity index (χ3v) is 4.55. The number of fused-ring (bicyclic) bond motifs is 2. The smallest absolute Gasteiger partial charge is 0.220 e. The number of carbonyl (C=O) groups excluding carboxylic acids is 1. The van der Waals surface area contributed by atoms with Gasteiger partial charge < -0.3 is 14.7 Å². The van der Waals surface area contributed by atoms with Crippen LogP contribution in [0.1, 0.15) is 30.7 Å². The number of aryl methyl sites for hydroxylation is 1. The van der Waals surface area contributed by atoms with Crippen molar-refractivity contribution >= 4 is 27.8 Å². The Labute approximate surface area is 145 Å². The van der Waals surface area contributed by atoms with Gasteiger partial charge in [0.15, 0.2) is 0 Å². The second-order valence-electron chi connectivity index (χ2n) is 6.34. The number of H-pyrrole nitrogens is 1. The molecular formula is C21H20N2O2. The lowest BCUT2D eigenvalue weighted by atomic mass is 10.1. The summed E-state index contributed by atoms with van der Waals surface area (Å²) < 4.78 is 5.82. The van der Waals surface area contributed by atoms with Crippen LogP contribution in [0.5, 0.6) is 0 Å². The summed E-state index contributed by atoms with van der Waals surface area (Å²) in [6.07, 6.45) is 3.15. The molecule has 2 aromatic heterocycles. The quantitative estimate of drug-likeness (QED) is 0.555. The lowest BCUT2D eigenvalue weighted by Crippen LogP contribution is -2.26. The number of amides is 1. The van der Waals surface area contributed by atoms with Crippen LogP contribution in [0, 0.1) is 0 Å². The fourth-order valence-electron chi connectivity index (χ4n) is 3.19. The second kappa shape index (κ2) is 6.48. The van der Waals surface area contributed by atoms with Gasteiger partial charge in [-0.15, -0.1) is 0 Å². The zero-order chi connectivity index (χ0) is 17.2. The normalized spacial score (nSPS) is 12.5. The lowest BCUT2D eigenvalue weighted by Gasteiger charge is -2.11. The molecule has 0 fully saturated rings. The van der Waals surface area contributed by atoms with E-state index in [4.69, 9.17) is 4.42 Å². The topological polar surface area (TPSA) is 58.0 Å². The van der Waals surface area contributed by atoms with Crippen molar-refractivity contribution < 1.29 is 9.21 Å². The molecule has 0 unspecified atom stereocenters. The molecule has 4 nitrogen and oxygen atoms in total. The van der Waals surface area contributed by atoms with Crippen LogP contribution >= 0.6 is 0 Å². The summed E-state index contributed by atoms with van der Waals surface area (Å²) in [4.78, 5) is 15.6. The highest BCUT2D eigenvalue weighted by Crippen LogP contribution is 2.24. The summed E-state index contributed by atoms with van der Waals surface area (Å²) in [6.45, 7) is 1.95. The molecule has 0 aliphatic carbocycles. The Balaban J connectivity index is 1.39. The van der Waals surface area contributed by atoms with E-state index in [0.717, 1.165) is 22.2 Å². The summed E-state index contributed by atoms with van der Waals surface area (Å²) in [5.41, 5.74) is 3.12. The first kappa shape index (κ1) is 15.5. The second-order valence-corrected chi connectivity index (χ2v) is 6.34. The van der Waals surface area contributed by atoms with E-state index in [2.05, 4.69) is 16.4 Å². The van der Waals surface area contributed by atoms with E-state index in [1.54, 1.807) is 0 Å². The summed E-state index contributed by atoms with van der Waals surface area (Å²) in [6, 6.07) is 17.8. The van der Waals surface area contributed by atoms with Crippen molar-refractivity contribution in [2.45, 2.75) is 25.8 Å². The van der Waals surface area contributed by atoms with Crippen LogP contribution in [0.15, 0.2) is 65.2 Å². The molecule has 0 saturated carbocycles. The van der Waals surface area contributed by atoms with Gasteiger partial charge in [0.1, 0.15) is 11.3 Å². The Morgan fingerprint density at radius 3 is 2.84 bits per heavy atom. The molecule has 2 aromatic carbocycles. The number of rotatable bonds is 5. The number of carbonyl (C=O) groups is 1. The minimum absolute atomic E-state index is 0.0261. The van der Waals surface area contributed by atoms with Crippen molar-refractivity contribution in [3.05, 3.63) is 72.1 Å². The fraction of sp³-hybridized carbons (Fsp3) is 0.190. The standard InChI is InChI=1S/C21H20N2O2/c1-14(20-12-15-6-2-5-9-19(15)25-20)23-21(24)11-10-16-13-22-18-8-4-3-7-17(16)18/h2-9,12-14,22H,10-11H2,1H3,(H,23,24)/t14-/m0/s1. The molecule has 1 atom stereocenters. The van der Waals surface area contributed by atoms with Gasteiger partial charge in [-0.25, -0.2) is 0 Å².